The topological polar surface area (TPSA) is 44.5 Å². The van der Waals surface area contributed by atoms with Gasteiger partial charge >= 0.3 is 0 Å². The number of aryl methyl sites for hydroxylation is 1. The van der Waals surface area contributed by atoms with Crippen LogP contribution in [-0.4, -0.2) is 26.9 Å². The van der Waals surface area contributed by atoms with Crippen LogP contribution in [0.25, 0.3) is 0 Å². The molecule has 0 radical (unpaired) electrons. The first kappa shape index (κ1) is 13.4. The third kappa shape index (κ3) is 2.38. The van der Waals surface area contributed by atoms with E-state index in [9.17, 15) is 0 Å². The predicted octanol–water partition coefficient (Wildman–Crippen LogP) is 2.26. The van der Waals surface area contributed by atoms with Crippen LogP contribution in [-0.2, 0) is 10.2 Å². The molecule has 3 nitrogen and oxygen atoms in total. The number of hydrogen-bond donors (Lipinski definition) is 1. The number of benzene rings is 1. The Bertz CT molecular complexity index is 413. The van der Waals surface area contributed by atoms with E-state index in [0.29, 0.717) is 5.92 Å². The smallest absolute Gasteiger partial charge is 0.122 e. The van der Waals surface area contributed by atoms with E-state index in [0.717, 1.165) is 31.9 Å². The Labute approximate surface area is 109 Å². The summed E-state index contributed by atoms with van der Waals surface area (Å²) < 4.78 is 11.0. The summed E-state index contributed by atoms with van der Waals surface area (Å²) in [4.78, 5) is 0. The normalized spacial score (nSPS) is 19.1. The maximum absolute atomic E-state index is 5.76. The Morgan fingerprint density at radius 1 is 1.44 bits per heavy atom. The van der Waals surface area contributed by atoms with Gasteiger partial charge in [-0.15, -0.1) is 0 Å². The van der Waals surface area contributed by atoms with Crippen molar-refractivity contribution in [3.63, 3.8) is 0 Å². The second-order valence-electron chi connectivity index (χ2n) is 5.52. The van der Waals surface area contributed by atoms with Gasteiger partial charge in [0.05, 0.1) is 20.3 Å². The van der Waals surface area contributed by atoms with Gasteiger partial charge in [0.25, 0.3) is 0 Å². The lowest BCUT2D eigenvalue weighted by Crippen LogP contribution is -2.48. The van der Waals surface area contributed by atoms with Crippen molar-refractivity contribution in [1.82, 2.24) is 0 Å². The second-order valence-corrected chi connectivity index (χ2v) is 5.52. The highest BCUT2D eigenvalue weighted by atomic mass is 16.5. The number of hydrogen-bond acceptors (Lipinski definition) is 3. The van der Waals surface area contributed by atoms with Crippen LogP contribution >= 0.6 is 0 Å². The zero-order valence-electron chi connectivity index (χ0n) is 11.5. The minimum Gasteiger partial charge on any atom is -0.496 e. The van der Waals surface area contributed by atoms with Gasteiger partial charge in [0.15, 0.2) is 0 Å². The van der Waals surface area contributed by atoms with E-state index < -0.39 is 0 Å². The maximum Gasteiger partial charge on any atom is 0.122 e. The molecule has 18 heavy (non-hydrogen) atoms. The van der Waals surface area contributed by atoms with Crippen LogP contribution in [0.15, 0.2) is 18.2 Å². The fourth-order valence-corrected chi connectivity index (χ4v) is 2.72. The molecule has 1 heterocycles. The predicted molar refractivity (Wildman–Crippen MR) is 73.1 cm³/mol. The lowest BCUT2D eigenvalue weighted by Gasteiger charge is -2.44. The van der Waals surface area contributed by atoms with Crippen LogP contribution in [0.1, 0.15) is 24.5 Å². The van der Waals surface area contributed by atoms with Crippen molar-refractivity contribution in [3.8, 4) is 5.75 Å². The van der Waals surface area contributed by atoms with Crippen molar-refractivity contribution in [2.45, 2.75) is 25.7 Å². The number of methoxy groups -OCH3 is 1. The molecule has 0 aliphatic carbocycles. The molecule has 1 fully saturated rings. The van der Waals surface area contributed by atoms with Crippen molar-refractivity contribution in [1.29, 1.82) is 0 Å². The summed E-state index contributed by atoms with van der Waals surface area (Å²) in [6.45, 7) is 6.58. The van der Waals surface area contributed by atoms with Gasteiger partial charge in [0.1, 0.15) is 5.75 Å². The first-order valence-corrected chi connectivity index (χ1v) is 6.54. The van der Waals surface area contributed by atoms with Crippen LogP contribution < -0.4 is 10.5 Å². The van der Waals surface area contributed by atoms with Crippen molar-refractivity contribution in [3.05, 3.63) is 29.3 Å². The van der Waals surface area contributed by atoms with E-state index in [1.807, 2.05) is 0 Å². The molecule has 1 aliphatic heterocycles. The highest BCUT2D eigenvalue weighted by Crippen LogP contribution is 2.42. The molecular formula is C15H23NO2. The van der Waals surface area contributed by atoms with Gasteiger partial charge in [-0.25, -0.2) is 0 Å². The summed E-state index contributed by atoms with van der Waals surface area (Å²) >= 11 is 0. The van der Waals surface area contributed by atoms with Crippen molar-refractivity contribution < 1.29 is 9.47 Å². The van der Waals surface area contributed by atoms with Gasteiger partial charge in [-0.2, -0.15) is 0 Å². The largest absolute Gasteiger partial charge is 0.496 e. The Balaban J connectivity index is 2.34. The monoisotopic (exact) mass is 249 g/mol. The molecule has 3 heteroatoms. The fraction of sp³-hybridized carbons (Fsp3) is 0.600. The van der Waals surface area contributed by atoms with E-state index in [1.54, 1.807) is 7.11 Å². The molecule has 1 atom stereocenters. The molecular weight excluding hydrogens is 226 g/mol. The summed E-state index contributed by atoms with van der Waals surface area (Å²) in [5, 5.41) is 0. The number of nitrogens with two attached hydrogens (primary N) is 1. The van der Waals surface area contributed by atoms with Gasteiger partial charge in [-0.1, -0.05) is 24.6 Å². The summed E-state index contributed by atoms with van der Waals surface area (Å²) in [7, 11) is 1.73. The Hall–Kier alpha value is -1.06. The third-order valence-electron chi connectivity index (χ3n) is 3.82. The Kier molecular flexibility index (Phi) is 3.93. The maximum atomic E-state index is 5.76. The summed E-state index contributed by atoms with van der Waals surface area (Å²) in [6.07, 6.45) is 1.06. The minimum absolute atomic E-state index is 0.0934. The first-order valence-electron chi connectivity index (χ1n) is 6.54. The lowest BCUT2D eigenvalue weighted by atomic mass is 9.72. The molecule has 0 bridgehead atoms. The van der Waals surface area contributed by atoms with Gasteiger partial charge in [-0.05, 0) is 31.9 Å². The molecule has 0 saturated carbocycles. The quantitative estimate of drug-likeness (QED) is 0.870. The molecule has 2 N–H and O–H groups in total. The average Bonchev–Trinajstić information content (AvgIpc) is 2.33. The second kappa shape index (κ2) is 5.29. The van der Waals surface area contributed by atoms with E-state index in [1.165, 1.54) is 11.1 Å². The van der Waals surface area contributed by atoms with Crippen molar-refractivity contribution in [2.24, 2.45) is 11.7 Å². The first-order chi connectivity index (χ1) is 8.61. The molecule has 0 amide bonds. The van der Waals surface area contributed by atoms with Crippen LogP contribution in [0.3, 0.4) is 0 Å². The van der Waals surface area contributed by atoms with Gasteiger partial charge in [0, 0.05) is 11.0 Å². The molecule has 1 unspecified atom stereocenters. The molecule has 1 aromatic rings. The van der Waals surface area contributed by atoms with Crippen molar-refractivity contribution >= 4 is 0 Å². The number of ether oxygens (including phenoxy) is 2. The van der Waals surface area contributed by atoms with Crippen LogP contribution in [0.2, 0.25) is 0 Å². The van der Waals surface area contributed by atoms with E-state index in [2.05, 4.69) is 32.0 Å². The molecule has 1 saturated heterocycles. The number of rotatable bonds is 5. The molecule has 0 aromatic heterocycles. The third-order valence-corrected chi connectivity index (χ3v) is 3.82. The minimum atomic E-state index is 0.0934. The highest BCUT2D eigenvalue weighted by molar-refractivity contribution is 5.43. The molecule has 1 aromatic carbocycles. The molecule has 2 rings (SSSR count). The van der Waals surface area contributed by atoms with E-state index in [-0.39, 0.29) is 5.41 Å². The molecule has 0 spiro atoms. The van der Waals surface area contributed by atoms with E-state index >= 15 is 0 Å². The lowest BCUT2D eigenvalue weighted by molar-refractivity contribution is -0.0710. The molecule has 100 valence electrons. The Morgan fingerprint density at radius 2 is 2.17 bits per heavy atom. The van der Waals surface area contributed by atoms with Gasteiger partial charge in [-0.3, -0.25) is 0 Å². The fourth-order valence-electron chi connectivity index (χ4n) is 2.72. The highest BCUT2D eigenvalue weighted by Gasteiger charge is 2.43. The average molecular weight is 249 g/mol. The summed E-state index contributed by atoms with van der Waals surface area (Å²) in [5.41, 5.74) is 8.39. The summed E-state index contributed by atoms with van der Waals surface area (Å²) in [6, 6.07) is 6.37. The Morgan fingerprint density at radius 3 is 2.67 bits per heavy atom. The van der Waals surface area contributed by atoms with E-state index in [4.69, 9.17) is 15.2 Å². The standard InChI is InChI=1S/C15H23NO2/c1-11-4-5-14(17-3)13(6-11)15(9-18-10-15)7-12(2)8-16/h4-6,12H,7-10,16H2,1-3H3. The summed E-state index contributed by atoms with van der Waals surface area (Å²) in [5.74, 6) is 1.47. The van der Waals surface area contributed by atoms with Crippen molar-refractivity contribution in [2.75, 3.05) is 26.9 Å². The van der Waals surface area contributed by atoms with Crippen LogP contribution in [0, 0.1) is 12.8 Å². The van der Waals surface area contributed by atoms with Crippen LogP contribution in [0.4, 0.5) is 0 Å². The van der Waals surface area contributed by atoms with Gasteiger partial charge < -0.3 is 15.2 Å². The zero-order chi connectivity index (χ0) is 13.2. The van der Waals surface area contributed by atoms with Crippen LogP contribution in [0.5, 0.6) is 5.75 Å². The zero-order valence-corrected chi connectivity index (χ0v) is 11.5. The van der Waals surface area contributed by atoms with Gasteiger partial charge in [0.2, 0.25) is 0 Å². The SMILES string of the molecule is COc1ccc(C)cc1C1(CC(C)CN)COC1. The molecule has 1 aliphatic rings.